The third kappa shape index (κ3) is 2.66. The number of fused-ring (bicyclic) bond motifs is 1. The lowest BCUT2D eigenvalue weighted by atomic mass is 9.94. The van der Waals surface area contributed by atoms with Gasteiger partial charge in [-0.05, 0) is 47.7 Å². The van der Waals surface area contributed by atoms with Crippen molar-refractivity contribution in [1.29, 1.82) is 0 Å². The molecule has 108 valence electrons. The Morgan fingerprint density at radius 2 is 2.05 bits per heavy atom. The van der Waals surface area contributed by atoms with E-state index in [1.54, 1.807) is 0 Å². The zero-order chi connectivity index (χ0) is 15.0. The van der Waals surface area contributed by atoms with E-state index in [0.717, 1.165) is 34.2 Å². The molecule has 0 saturated heterocycles. The fourth-order valence-corrected chi connectivity index (χ4v) is 3.22. The quantitative estimate of drug-likeness (QED) is 0.823. The van der Waals surface area contributed by atoms with Crippen molar-refractivity contribution in [3.8, 4) is 0 Å². The van der Waals surface area contributed by atoms with Gasteiger partial charge in [0.15, 0.2) is 0 Å². The van der Waals surface area contributed by atoms with Crippen molar-refractivity contribution in [3.63, 3.8) is 0 Å². The van der Waals surface area contributed by atoms with Crippen LogP contribution in [0.4, 0.5) is 0 Å². The van der Waals surface area contributed by atoms with Gasteiger partial charge >= 0.3 is 0 Å². The molecule has 2 nitrogen and oxygen atoms in total. The largest absolute Gasteiger partial charge is 0.352 e. The maximum absolute atomic E-state index is 11.9. The molecule has 0 fully saturated rings. The fourth-order valence-electron chi connectivity index (χ4n) is 2.67. The molecule has 4 heteroatoms. The standard InChI is InChI=1S/C17H15Cl2NO/c1-10-13(3-2-4-15(10)18)16(19)12-6-5-11-7-8-20-17(21)14(11)9-12/h2-6,9,16H,7-8H2,1H3,(H,20,21). The first-order chi connectivity index (χ1) is 10.1. The van der Waals surface area contributed by atoms with Gasteiger partial charge in [0, 0.05) is 17.1 Å². The van der Waals surface area contributed by atoms with E-state index < -0.39 is 0 Å². The van der Waals surface area contributed by atoms with E-state index in [1.807, 2.05) is 43.3 Å². The summed E-state index contributed by atoms with van der Waals surface area (Å²) in [6.07, 6.45) is 0.866. The maximum Gasteiger partial charge on any atom is 0.251 e. The van der Waals surface area contributed by atoms with Crippen LogP contribution in [0.5, 0.6) is 0 Å². The van der Waals surface area contributed by atoms with Gasteiger partial charge in [-0.2, -0.15) is 0 Å². The molecule has 1 aliphatic heterocycles. The number of nitrogens with one attached hydrogen (secondary N) is 1. The van der Waals surface area contributed by atoms with Crippen molar-refractivity contribution in [2.75, 3.05) is 6.54 Å². The van der Waals surface area contributed by atoms with E-state index in [4.69, 9.17) is 23.2 Å². The second kappa shape index (κ2) is 5.70. The van der Waals surface area contributed by atoms with Crippen LogP contribution < -0.4 is 5.32 Å². The van der Waals surface area contributed by atoms with Gasteiger partial charge in [-0.3, -0.25) is 4.79 Å². The molecule has 2 aromatic carbocycles. The number of halogens is 2. The number of hydrogen-bond acceptors (Lipinski definition) is 1. The highest BCUT2D eigenvalue weighted by atomic mass is 35.5. The molecular formula is C17H15Cl2NO. The SMILES string of the molecule is Cc1c(Cl)cccc1C(Cl)c1ccc2c(c1)C(=O)NCC2. The Bertz CT molecular complexity index is 712. The van der Waals surface area contributed by atoms with Crippen LogP contribution in [0.1, 0.15) is 38.0 Å². The predicted molar refractivity (Wildman–Crippen MR) is 86.4 cm³/mol. The Morgan fingerprint density at radius 1 is 1.24 bits per heavy atom. The fraction of sp³-hybridized carbons (Fsp3) is 0.235. The van der Waals surface area contributed by atoms with E-state index >= 15 is 0 Å². The first-order valence-corrected chi connectivity index (χ1v) is 7.69. The zero-order valence-electron chi connectivity index (χ0n) is 11.6. The van der Waals surface area contributed by atoms with E-state index in [9.17, 15) is 4.79 Å². The first-order valence-electron chi connectivity index (χ1n) is 6.88. The van der Waals surface area contributed by atoms with E-state index in [-0.39, 0.29) is 11.3 Å². The van der Waals surface area contributed by atoms with Crippen LogP contribution >= 0.6 is 23.2 Å². The lowest BCUT2D eigenvalue weighted by molar-refractivity contribution is 0.0946. The highest BCUT2D eigenvalue weighted by molar-refractivity contribution is 6.31. The summed E-state index contributed by atoms with van der Waals surface area (Å²) in [4.78, 5) is 11.9. The molecule has 0 spiro atoms. The van der Waals surface area contributed by atoms with Crippen LogP contribution in [0.2, 0.25) is 5.02 Å². The number of carbonyl (C=O) groups excluding carboxylic acids is 1. The topological polar surface area (TPSA) is 29.1 Å². The van der Waals surface area contributed by atoms with E-state index in [2.05, 4.69) is 5.32 Å². The number of amides is 1. The van der Waals surface area contributed by atoms with Crippen LogP contribution in [0.3, 0.4) is 0 Å². The van der Waals surface area contributed by atoms with Crippen LogP contribution in [-0.4, -0.2) is 12.5 Å². The summed E-state index contributed by atoms with van der Waals surface area (Å²) in [6, 6.07) is 11.6. The first kappa shape index (κ1) is 14.4. The number of carbonyl (C=O) groups is 1. The molecule has 1 heterocycles. The number of benzene rings is 2. The van der Waals surface area contributed by atoms with Crippen molar-refractivity contribution in [2.45, 2.75) is 18.7 Å². The minimum atomic E-state index is -0.316. The van der Waals surface area contributed by atoms with Gasteiger partial charge < -0.3 is 5.32 Å². The van der Waals surface area contributed by atoms with Gasteiger partial charge in [0.05, 0.1) is 5.38 Å². The lowest BCUT2D eigenvalue weighted by Crippen LogP contribution is -2.31. The van der Waals surface area contributed by atoms with E-state index in [1.165, 1.54) is 0 Å². The number of hydrogen-bond donors (Lipinski definition) is 1. The molecule has 1 amide bonds. The molecule has 1 N–H and O–H groups in total. The summed E-state index contributed by atoms with van der Waals surface area (Å²) in [7, 11) is 0. The van der Waals surface area contributed by atoms with Crippen molar-refractivity contribution < 1.29 is 4.79 Å². The number of alkyl halides is 1. The highest BCUT2D eigenvalue weighted by Gasteiger charge is 2.20. The van der Waals surface area contributed by atoms with Crippen molar-refractivity contribution in [2.24, 2.45) is 0 Å². The number of rotatable bonds is 2. The molecule has 1 atom stereocenters. The average Bonchev–Trinajstić information content (AvgIpc) is 2.49. The second-order valence-electron chi connectivity index (χ2n) is 5.24. The van der Waals surface area contributed by atoms with E-state index in [0.29, 0.717) is 11.6 Å². The minimum absolute atomic E-state index is 0.0233. The normalized spacial score (nSPS) is 15.3. The molecule has 2 aromatic rings. The highest BCUT2D eigenvalue weighted by Crippen LogP contribution is 2.34. The maximum atomic E-state index is 11.9. The Balaban J connectivity index is 2.02. The van der Waals surface area contributed by atoms with Gasteiger partial charge in [-0.1, -0.05) is 35.9 Å². The van der Waals surface area contributed by atoms with Crippen LogP contribution in [0.25, 0.3) is 0 Å². The van der Waals surface area contributed by atoms with Gasteiger partial charge in [-0.25, -0.2) is 0 Å². The summed E-state index contributed by atoms with van der Waals surface area (Å²) in [5, 5.41) is 3.25. The molecule has 1 unspecified atom stereocenters. The molecule has 3 rings (SSSR count). The summed E-state index contributed by atoms with van der Waals surface area (Å²) in [6.45, 7) is 2.65. The second-order valence-corrected chi connectivity index (χ2v) is 6.08. The zero-order valence-corrected chi connectivity index (χ0v) is 13.1. The van der Waals surface area contributed by atoms with Gasteiger partial charge in [0.2, 0.25) is 0 Å². The van der Waals surface area contributed by atoms with Crippen LogP contribution in [-0.2, 0) is 6.42 Å². The summed E-state index contributed by atoms with van der Waals surface area (Å²) in [5.41, 5.74) is 4.66. The van der Waals surface area contributed by atoms with Gasteiger partial charge in [-0.15, -0.1) is 11.6 Å². The summed E-state index contributed by atoms with van der Waals surface area (Å²) in [5.74, 6) is -0.0233. The lowest BCUT2D eigenvalue weighted by Gasteiger charge is -2.20. The van der Waals surface area contributed by atoms with Gasteiger partial charge in [0.1, 0.15) is 0 Å². The molecular weight excluding hydrogens is 305 g/mol. The molecule has 0 aromatic heterocycles. The van der Waals surface area contributed by atoms with Crippen molar-refractivity contribution in [3.05, 3.63) is 69.2 Å². The Morgan fingerprint density at radius 3 is 2.86 bits per heavy atom. The summed E-state index contributed by atoms with van der Waals surface area (Å²) >= 11 is 12.8. The summed E-state index contributed by atoms with van der Waals surface area (Å²) < 4.78 is 0. The molecule has 0 radical (unpaired) electrons. The molecule has 0 aliphatic carbocycles. The third-order valence-electron chi connectivity index (χ3n) is 3.93. The van der Waals surface area contributed by atoms with Crippen LogP contribution in [0, 0.1) is 6.92 Å². The Hall–Kier alpha value is -1.51. The smallest absolute Gasteiger partial charge is 0.251 e. The third-order valence-corrected chi connectivity index (χ3v) is 4.83. The Kier molecular flexibility index (Phi) is 3.92. The predicted octanol–water partition coefficient (Wildman–Crippen LogP) is 4.26. The molecule has 0 saturated carbocycles. The molecule has 1 aliphatic rings. The van der Waals surface area contributed by atoms with Crippen molar-refractivity contribution >= 4 is 29.1 Å². The minimum Gasteiger partial charge on any atom is -0.352 e. The van der Waals surface area contributed by atoms with Crippen molar-refractivity contribution in [1.82, 2.24) is 5.32 Å². The monoisotopic (exact) mass is 319 g/mol. The van der Waals surface area contributed by atoms with Gasteiger partial charge in [0.25, 0.3) is 5.91 Å². The molecule has 21 heavy (non-hydrogen) atoms. The molecule has 0 bridgehead atoms. The van der Waals surface area contributed by atoms with Crippen LogP contribution in [0.15, 0.2) is 36.4 Å². The average molecular weight is 320 g/mol. The Labute approximate surface area is 134 Å².